The normalized spacial score (nSPS) is 28.8. The van der Waals surface area contributed by atoms with Crippen LogP contribution in [0, 0.1) is 0 Å². The zero-order valence-electron chi connectivity index (χ0n) is 9.43. The number of benzene rings is 1. The van der Waals surface area contributed by atoms with E-state index < -0.39 is 0 Å². The van der Waals surface area contributed by atoms with E-state index in [0.29, 0.717) is 12.1 Å². The minimum atomic E-state index is 0.511. The van der Waals surface area contributed by atoms with Crippen molar-refractivity contribution >= 4 is 5.69 Å². The standard InChI is InChI=1S/C13H18N2O/c14-11-3-1-10(2-4-11)5-6-15-8-13-7-12(15)9-16-13/h1-4,12-13H,5-9,14H2. The second-order valence-electron chi connectivity index (χ2n) is 4.83. The molecule has 0 aromatic heterocycles. The van der Waals surface area contributed by atoms with Gasteiger partial charge in [0, 0.05) is 24.8 Å². The van der Waals surface area contributed by atoms with Crippen molar-refractivity contribution in [3.8, 4) is 0 Å². The molecule has 0 amide bonds. The van der Waals surface area contributed by atoms with Crippen LogP contribution in [0.3, 0.4) is 0 Å². The average molecular weight is 218 g/mol. The van der Waals surface area contributed by atoms with Crippen molar-refractivity contribution in [2.45, 2.75) is 25.0 Å². The molecule has 2 saturated heterocycles. The van der Waals surface area contributed by atoms with Gasteiger partial charge in [-0.15, -0.1) is 0 Å². The highest BCUT2D eigenvalue weighted by molar-refractivity contribution is 5.39. The van der Waals surface area contributed by atoms with Crippen LogP contribution < -0.4 is 5.73 Å². The molecule has 0 aliphatic carbocycles. The van der Waals surface area contributed by atoms with Crippen LogP contribution in [0.5, 0.6) is 0 Å². The van der Waals surface area contributed by atoms with Gasteiger partial charge in [0.25, 0.3) is 0 Å². The van der Waals surface area contributed by atoms with Crippen LogP contribution in [0.15, 0.2) is 24.3 Å². The van der Waals surface area contributed by atoms with E-state index in [1.807, 2.05) is 12.1 Å². The number of hydrogen-bond acceptors (Lipinski definition) is 3. The molecular weight excluding hydrogens is 200 g/mol. The number of nitrogens with two attached hydrogens (primary N) is 1. The number of rotatable bonds is 3. The number of fused-ring (bicyclic) bond motifs is 2. The minimum absolute atomic E-state index is 0.511. The number of morpholine rings is 1. The Hall–Kier alpha value is -1.06. The maximum Gasteiger partial charge on any atom is 0.0718 e. The fourth-order valence-corrected chi connectivity index (χ4v) is 2.71. The van der Waals surface area contributed by atoms with E-state index in [0.717, 1.165) is 31.8 Å². The summed E-state index contributed by atoms with van der Waals surface area (Å²) in [6, 6.07) is 8.89. The number of nitrogen functional groups attached to an aromatic ring is 1. The second-order valence-corrected chi connectivity index (χ2v) is 4.83. The lowest BCUT2D eigenvalue weighted by atomic mass is 10.1. The summed E-state index contributed by atoms with van der Waals surface area (Å²) in [5.41, 5.74) is 7.89. The Kier molecular flexibility index (Phi) is 2.58. The highest BCUT2D eigenvalue weighted by Crippen LogP contribution is 2.27. The molecule has 86 valence electrons. The quantitative estimate of drug-likeness (QED) is 0.777. The molecule has 2 aliphatic rings. The lowest BCUT2D eigenvalue weighted by Gasteiger charge is -2.26. The molecule has 3 nitrogen and oxygen atoms in total. The van der Waals surface area contributed by atoms with E-state index in [1.54, 1.807) is 0 Å². The Bertz CT molecular complexity index is 363. The van der Waals surface area contributed by atoms with Crippen molar-refractivity contribution in [1.82, 2.24) is 4.90 Å². The molecule has 2 aliphatic heterocycles. The van der Waals surface area contributed by atoms with Gasteiger partial charge in [0.1, 0.15) is 0 Å². The molecule has 2 fully saturated rings. The molecule has 2 bridgehead atoms. The van der Waals surface area contributed by atoms with E-state index in [1.165, 1.54) is 12.0 Å². The average Bonchev–Trinajstić information content (AvgIpc) is 2.90. The Labute approximate surface area is 96.2 Å². The summed E-state index contributed by atoms with van der Waals surface area (Å²) in [6.07, 6.45) is 2.86. The number of nitrogens with zero attached hydrogens (tertiary/aromatic N) is 1. The van der Waals surface area contributed by atoms with Crippen molar-refractivity contribution in [2.75, 3.05) is 25.4 Å². The van der Waals surface area contributed by atoms with Gasteiger partial charge in [0.15, 0.2) is 0 Å². The number of anilines is 1. The summed E-state index contributed by atoms with van der Waals surface area (Å²) in [5.74, 6) is 0. The second kappa shape index (κ2) is 4.07. The van der Waals surface area contributed by atoms with Crippen LogP contribution in [0.25, 0.3) is 0 Å². The van der Waals surface area contributed by atoms with Crippen LogP contribution in [0.1, 0.15) is 12.0 Å². The monoisotopic (exact) mass is 218 g/mol. The molecule has 2 N–H and O–H groups in total. The van der Waals surface area contributed by atoms with Crippen LogP contribution >= 0.6 is 0 Å². The molecule has 16 heavy (non-hydrogen) atoms. The lowest BCUT2D eigenvalue weighted by molar-refractivity contribution is 0.0311. The molecule has 0 spiro atoms. The summed E-state index contributed by atoms with van der Waals surface area (Å²) >= 11 is 0. The Morgan fingerprint density at radius 3 is 2.75 bits per heavy atom. The molecule has 3 rings (SSSR count). The molecule has 2 unspecified atom stereocenters. The zero-order valence-corrected chi connectivity index (χ0v) is 9.43. The third kappa shape index (κ3) is 1.93. The van der Waals surface area contributed by atoms with Gasteiger partial charge < -0.3 is 10.5 Å². The molecule has 2 atom stereocenters. The topological polar surface area (TPSA) is 38.5 Å². The minimum Gasteiger partial charge on any atom is -0.399 e. The molecular formula is C13H18N2O. The summed E-state index contributed by atoms with van der Waals surface area (Å²) in [6.45, 7) is 3.21. The van der Waals surface area contributed by atoms with Gasteiger partial charge in [-0.05, 0) is 30.5 Å². The first-order chi connectivity index (χ1) is 7.81. The van der Waals surface area contributed by atoms with E-state index in [2.05, 4.69) is 17.0 Å². The zero-order chi connectivity index (χ0) is 11.0. The van der Waals surface area contributed by atoms with Gasteiger partial charge in [0.2, 0.25) is 0 Å². The van der Waals surface area contributed by atoms with Gasteiger partial charge >= 0.3 is 0 Å². The van der Waals surface area contributed by atoms with Crippen molar-refractivity contribution in [2.24, 2.45) is 0 Å². The summed E-state index contributed by atoms with van der Waals surface area (Å²) in [4.78, 5) is 2.56. The third-order valence-electron chi connectivity index (χ3n) is 3.68. The maximum atomic E-state index is 5.67. The SMILES string of the molecule is Nc1ccc(CCN2CC3CC2CO3)cc1. The first-order valence-corrected chi connectivity index (χ1v) is 6.01. The van der Waals surface area contributed by atoms with Crippen molar-refractivity contribution in [3.63, 3.8) is 0 Å². The molecule has 1 aromatic rings. The summed E-state index contributed by atoms with van der Waals surface area (Å²) < 4.78 is 5.59. The lowest BCUT2D eigenvalue weighted by Crippen LogP contribution is -2.38. The van der Waals surface area contributed by atoms with Gasteiger partial charge in [-0.1, -0.05) is 12.1 Å². The van der Waals surface area contributed by atoms with E-state index >= 15 is 0 Å². The summed E-state index contributed by atoms with van der Waals surface area (Å²) in [7, 11) is 0. The Morgan fingerprint density at radius 1 is 1.31 bits per heavy atom. The van der Waals surface area contributed by atoms with Crippen LogP contribution in [-0.2, 0) is 11.2 Å². The highest BCUT2D eigenvalue weighted by atomic mass is 16.5. The predicted octanol–water partition coefficient (Wildman–Crippen LogP) is 1.28. The van der Waals surface area contributed by atoms with E-state index in [4.69, 9.17) is 10.5 Å². The Balaban J connectivity index is 1.55. The van der Waals surface area contributed by atoms with Crippen LogP contribution in [-0.4, -0.2) is 36.7 Å². The van der Waals surface area contributed by atoms with Gasteiger partial charge in [-0.2, -0.15) is 0 Å². The predicted molar refractivity (Wildman–Crippen MR) is 64.3 cm³/mol. The molecule has 0 radical (unpaired) electrons. The summed E-state index contributed by atoms with van der Waals surface area (Å²) in [5, 5.41) is 0. The third-order valence-corrected chi connectivity index (χ3v) is 3.68. The first kappa shape index (κ1) is 10.1. The van der Waals surface area contributed by atoms with Crippen LogP contribution in [0.4, 0.5) is 5.69 Å². The Morgan fingerprint density at radius 2 is 2.12 bits per heavy atom. The van der Waals surface area contributed by atoms with Gasteiger partial charge in [-0.25, -0.2) is 0 Å². The van der Waals surface area contributed by atoms with Crippen molar-refractivity contribution in [1.29, 1.82) is 0 Å². The largest absolute Gasteiger partial charge is 0.399 e. The fraction of sp³-hybridized carbons (Fsp3) is 0.538. The number of hydrogen-bond donors (Lipinski definition) is 1. The highest BCUT2D eigenvalue weighted by Gasteiger charge is 2.38. The van der Waals surface area contributed by atoms with Crippen molar-refractivity contribution < 1.29 is 4.74 Å². The molecule has 1 aromatic carbocycles. The maximum absolute atomic E-state index is 5.67. The van der Waals surface area contributed by atoms with Gasteiger partial charge in [0.05, 0.1) is 12.7 Å². The molecule has 0 saturated carbocycles. The van der Waals surface area contributed by atoms with Crippen molar-refractivity contribution in [3.05, 3.63) is 29.8 Å². The smallest absolute Gasteiger partial charge is 0.0718 e. The first-order valence-electron chi connectivity index (χ1n) is 6.01. The molecule has 2 heterocycles. The van der Waals surface area contributed by atoms with E-state index in [-0.39, 0.29) is 0 Å². The van der Waals surface area contributed by atoms with Crippen LogP contribution in [0.2, 0.25) is 0 Å². The molecule has 3 heteroatoms. The van der Waals surface area contributed by atoms with Gasteiger partial charge in [-0.3, -0.25) is 4.90 Å². The number of likely N-dealkylation sites (tertiary alicyclic amines) is 1. The van der Waals surface area contributed by atoms with E-state index in [9.17, 15) is 0 Å². The number of ether oxygens (including phenoxy) is 1. The fourth-order valence-electron chi connectivity index (χ4n) is 2.71.